The number of carbonyl (C=O) groups excluding carboxylic acids is 2. The van der Waals surface area contributed by atoms with E-state index in [2.05, 4.69) is 5.32 Å². The van der Waals surface area contributed by atoms with Crippen molar-refractivity contribution >= 4 is 29.3 Å². The highest BCUT2D eigenvalue weighted by molar-refractivity contribution is 8.00. The van der Waals surface area contributed by atoms with Gasteiger partial charge in [-0.2, -0.15) is 0 Å². The summed E-state index contributed by atoms with van der Waals surface area (Å²) < 4.78 is 47.3. The SMILES string of the molecule is CCC(C)OC(=O)C(Sc1cc(NC(=O)c2cccc(F)c2)c(F)cc1F)C(C)C. The van der Waals surface area contributed by atoms with Gasteiger partial charge < -0.3 is 10.1 Å². The van der Waals surface area contributed by atoms with Crippen molar-refractivity contribution in [2.24, 2.45) is 5.92 Å². The van der Waals surface area contributed by atoms with Crippen LogP contribution in [0.2, 0.25) is 0 Å². The van der Waals surface area contributed by atoms with Crippen LogP contribution in [-0.4, -0.2) is 23.2 Å². The van der Waals surface area contributed by atoms with Crippen LogP contribution in [-0.2, 0) is 9.53 Å². The molecule has 0 spiro atoms. The summed E-state index contributed by atoms with van der Waals surface area (Å²) in [6, 6.07) is 6.66. The van der Waals surface area contributed by atoms with Gasteiger partial charge in [-0.25, -0.2) is 13.2 Å². The van der Waals surface area contributed by atoms with E-state index in [4.69, 9.17) is 4.74 Å². The minimum Gasteiger partial charge on any atom is -0.462 e. The summed E-state index contributed by atoms with van der Waals surface area (Å²) in [5, 5.41) is 1.60. The molecule has 30 heavy (non-hydrogen) atoms. The molecule has 4 nitrogen and oxygen atoms in total. The molecule has 2 atom stereocenters. The van der Waals surface area contributed by atoms with Gasteiger partial charge in [0.25, 0.3) is 5.91 Å². The molecular weight excluding hydrogens is 415 g/mol. The van der Waals surface area contributed by atoms with E-state index in [0.29, 0.717) is 12.5 Å². The van der Waals surface area contributed by atoms with Crippen LogP contribution in [0.4, 0.5) is 18.9 Å². The summed E-state index contributed by atoms with van der Waals surface area (Å²) >= 11 is 0.905. The Bertz CT molecular complexity index is 920. The monoisotopic (exact) mass is 439 g/mol. The molecule has 0 saturated carbocycles. The maximum atomic E-state index is 14.4. The third kappa shape index (κ3) is 6.26. The molecule has 0 aromatic heterocycles. The number of halogens is 3. The predicted octanol–water partition coefficient (Wildman–Crippen LogP) is 5.81. The Morgan fingerprint density at radius 3 is 2.37 bits per heavy atom. The van der Waals surface area contributed by atoms with Gasteiger partial charge in [0.05, 0.1) is 11.8 Å². The standard InChI is InChI=1S/C22H24F3NO3S/c1-5-13(4)29-22(28)20(12(2)3)30-19-11-18(16(24)10-17(19)25)26-21(27)14-7-6-8-15(23)9-14/h6-13,20H,5H2,1-4H3,(H,26,27). The number of ether oxygens (including phenoxy) is 1. The number of carbonyl (C=O) groups is 2. The summed E-state index contributed by atoms with van der Waals surface area (Å²) in [7, 11) is 0. The van der Waals surface area contributed by atoms with E-state index in [0.717, 1.165) is 23.9 Å². The molecule has 2 rings (SSSR count). The number of hydrogen-bond acceptors (Lipinski definition) is 4. The first-order valence-corrected chi connectivity index (χ1v) is 10.4. The Morgan fingerprint density at radius 2 is 1.77 bits per heavy atom. The fourth-order valence-corrected chi connectivity index (χ4v) is 3.54. The van der Waals surface area contributed by atoms with E-state index in [-0.39, 0.29) is 28.2 Å². The molecular formula is C22H24F3NO3S. The van der Waals surface area contributed by atoms with Crippen molar-refractivity contribution in [3.63, 3.8) is 0 Å². The second kappa shape index (κ2) is 10.5. The van der Waals surface area contributed by atoms with Gasteiger partial charge in [0.15, 0.2) is 0 Å². The Hall–Kier alpha value is -2.48. The van der Waals surface area contributed by atoms with Gasteiger partial charge in [0.1, 0.15) is 22.7 Å². The molecule has 0 saturated heterocycles. The van der Waals surface area contributed by atoms with Crippen LogP contribution < -0.4 is 5.32 Å². The van der Waals surface area contributed by atoms with Gasteiger partial charge in [-0.15, -0.1) is 11.8 Å². The first-order chi connectivity index (χ1) is 14.1. The van der Waals surface area contributed by atoms with E-state index in [1.165, 1.54) is 18.2 Å². The lowest BCUT2D eigenvalue weighted by Gasteiger charge is -2.22. The second-order valence-corrected chi connectivity index (χ2v) is 8.35. The highest BCUT2D eigenvalue weighted by atomic mass is 32.2. The number of nitrogens with one attached hydrogen (secondary N) is 1. The Morgan fingerprint density at radius 1 is 1.07 bits per heavy atom. The first kappa shape index (κ1) is 23.8. The smallest absolute Gasteiger partial charge is 0.319 e. The Balaban J connectivity index is 2.26. The average molecular weight is 439 g/mol. The third-order valence-corrected chi connectivity index (χ3v) is 5.90. The summed E-state index contributed by atoms with van der Waals surface area (Å²) in [4.78, 5) is 24.8. The van der Waals surface area contributed by atoms with Crippen LogP contribution in [0.1, 0.15) is 44.5 Å². The van der Waals surface area contributed by atoms with Crippen molar-refractivity contribution in [1.82, 2.24) is 0 Å². The predicted molar refractivity (Wildman–Crippen MR) is 111 cm³/mol. The van der Waals surface area contributed by atoms with Crippen molar-refractivity contribution < 1.29 is 27.5 Å². The average Bonchev–Trinajstić information content (AvgIpc) is 2.68. The van der Waals surface area contributed by atoms with E-state index < -0.39 is 34.6 Å². The Kier molecular flexibility index (Phi) is 8.34. The van der Waals surface area contributed by atoms with Gasteiger partial charge >= 0.3 is 5.97 Å². The molecule has 0 aliphatic carbocycles. The molecule has 2 aromatic rings. The highest BCUT2D eigenvalue weighted by Crippen LogP contribution is 2.34. The molecule has 162 valence electrons. The summed E-state index contributed by atoms with van der Waals surface area (Å²) in [5.74, 6) is -3.86. The van der Waals surface area contributed by atoms with E-state index in [9.17, 15) is 22.8 Å². The Labute approximate surface area is 178 Å². The number of anilines is 1. The van der Waals surface area contributed by atoms with Crippen molar-refractivity contribution in [3.8, 4) is 0 Å². The number of thioether (sulfide) groups is 1. The second-order valence-electron chi connectivity index (χ2n) is 7.17. The number of esters is 1. The van der Waals surface area contributed by atoms with Crippen LogP contribution in [0.25, 0.3) is 0 Å². The molecule has 2 aromatic carbocycles. The molecule has 1 amide bonds. The minimum absolute atomic E-state index is 0.00857. The number of hydrogen-bond donors (Lipinski definition) is 1. The quantitative estimate of drug-likeness (QED) is 0.416. The summed E-state index contributed by atoms with van der Waals surface area (Å²) in [6.07, 6.45) is 0.362. The maximum Gasteiger partial charge on any atom is 0.319 e. The normalized spacial score (nSPS) is 13.1. The van der Waals surface area contributed by atoms with Crippen LogP contribution in [0.15, 0.2) is 41.3 Å². The number of benzene rings is 2. The van der Waals surface area contributed by atoms with E-state index >= 15 is 0 Å². The highest BCUT2D eigenvalue weighted by Gasteiger charge is 2.28. The van der Waals surface area contributed by atoms with Crippen LogP contribution in [0.5, 0.6) is 0 Å². The van der Waals surface area contributed by atoms with Crippen LogP contribution in [0, 0.1) is 23.4 Å². The van der Waals surface area contributed by atoms with Crippen LogP contribution >= 0.6 is 11.8 Å². The molecule has 0 bridgehead atoms. The molecule has 0 heterocycles. The zero-order chi connectivity index (χ0) is 22.4. The molecule has 0 aliphatic rings. The topological polar surface area (TPSA) is 55.4 Å². The maximum absolute atomic E-state index is 14.4. The largest absolute Gasteiger partial charge is 0.462 e. The molecule has 0 fully saturated rings. The van der Waals surface area contributed by atoms with E-state index in [1.807, 2.05) is 6.92 Å². The van der Waals surface area contributed by atoms with Gasteiger partial charge in [-0.05, 0) is 43.5 Å². The fraction of sp³-hybridized carbons (Fsp3) is 0.364. The number of amides is 1. The zero-order valence-corrected chi connectivity index (χ0v) is 18.0. The minimum atomic E-state index is -0.982. The van der Waals surface area contributed by atoms with Gasteiger partial charge in [0, 0.05) is 16.5 Å². The lowest BCUT2D eigenvalue weighted by atomic mass is 10.1. The molecule has 2 unspecified atom stereocenters. The first-order valence-electron chi connectivity index (χ1n) is 9.55. The zero-order valence-electron chi connectivity index (χ0n) is 17.2. The van der Waals surface area contributed by atoms with Gasteiger partial charge in [-0.1, -0.05) is 26.8 Å². The van der Waals surface area contributed by atoms with Crippen LogP contribution in [0.3, 0.4) is 0 Å². The van der Waals surface area contributed by atoms with Gasteiger partial charge in [-0.3, -0.25) is 9.59 Å². The fourth-order valence-electron chi connectivity index (χ4n) is 2.48. The van der Waals surface area contributed by atoms with Crippen molar-refractivity contribution in [2.45, 2.75) is 50.4 Å². The lowest BCUT2D eigenvalue weighted by molar-refractivity contribution is -0.148. The van der Waals surface area contributed by atoms with Crippen molar-refractivity contribution in [2.75, 3.05) is 5.32 Å². The third-order valence-electron chi connectivity index (χ3n) is 4.34. The summed E-state index contributed by atoms with van der Waals surface area (Å²) in [6.45, 7) is 7.23. The molecule has 0 aliphatic heterocycles. The van der Waals surface area contributed by atoms with Gasteiger partial charge in [0.2, 0.25) is 0 Å². The van der Waals surface area contributed by atoms with Crippen molar-refractivity contribution in [1.29, 1.82) is 0 Å². The molecule has 1 N–H and O–H groups in total. The molecule has 8 heteroatoms. The summed E-state index contributed by atoms with van der Waals surface area (Å²) in [5.41, 5.74) is -0.281. The van der Waals surface area contributed by atoms with Crippen molar-refractivity contribution in [3.05, 3.63) is 59.4 Å². The lowest BCUT2D eigenvalue weighted by Crippen LogP contribution is -2.28. The molecule has 0 radical (unpaired) electrons. The number of rotatable bonds is 8. The van der Waals surface area contributed by atoms with E-state index in [1.54, 1.807) is 20.8 Å².